The first kappa shape index (κ1) is 10.5. The summed E-state index contributed by atoms with van der Waals surface area (Å²) >= 11 is 3.37. The molecule has 0 saturated heterocycles. The van der Waals surface area contributed by atoms with Crippen molar-refractivity contribution < 1.29 is 0 Å². The van der Waals surface area contributed by atoms with E-state index in [4.69, 9.17) is 0 Å². The van der Waals surface area contributed by atoms with Crippen LogP contribution in [0.25, 0.3) is 0 Å². The molecule has 1 rings (SSSR count). The first-order chi connectivity index (χ1) is 6.25. The second-order valence-corrected chi connectivity index (χ2v) is 3.79. The molecule has 0 spiro atoms. The topological polar surface area (TPSA) is 39.8 Å². The summed E-state index contributed by atoms with van der Waals surface area (Å²) in [6.07, 6.45) is 4.85. The maximum atomic E-state index is 11.3. The van der Waals surface area contributed by atoms with Crippen LogP contribution in [-0.2, 0) is 13.6 Å². The third-order valence-electron chi connectivity index (χ3n) is 1.89. The molecule has 0 fully saturated rings. The van der Waals surface area contributed by atoms with Gasteiger partial charge in [-0.05, 0) is 12.8 Å². The Morgan fingerprint density at radius 2 is 2.23 bits per heavy atom. The molecule has 0 aliphatic carbocycles. The van der Waals surface area contributed by atoms with E-state index in [2.05, 4.69) is 21.0 Å². The second-order valence-electron chi connectivity index (χ2n) is 3.00. The summed E-state index contributed by atoms with van der Waals surface area (Å²) in [4.78, 5) is 11.3. The lowest BCUT2D eigenvalue weighted by molar-refractivity contribution is 0.535. The van der Waals surface area contributed by atoms with Crippen LogP contribution in [0.4, 0.5) is 0 Å². The molecule has 0 aliphatic heterocycles. The lowest BCUT2D eigenvalue weighted by atomic mass is 10.2. The van der Waals surface area contributed by atoms with Gasteiger partial charge >= 0.3 is 5.69 Å². The van der Waals surface area contributed by atoms with E-state index in [1.807, 2.05) is 0 Å². The molecule has 0 N–H and O–H groups in total. The molecule has 0 aromatic carbocycles. The molecule has 0 bridgehead atoms. The molecule has 4 nitrogen and oxygen atoms in total. The zero-order valence-corrected chi connectivity index (χ0v) is 9.33. The van der Waals surface area contributed by atoms with Gasteiger partial charge in [-0.25, -0.2) is 9.48 Å². The number of hydrogen-bond donors (Lipinski definition) is 0. The fourth-order valence-electron chi connectivity index (χ4n) is 1.11. The van der Waals surface area contributed by atoms with Crippen molar-refractivity contribution in [1.29, 1.82) is 0 Å². The van der Waals surface area contributed by atoms with Gasteiger partial charge in [0.2, 0.25) is 0 Å². The minimum absolute atomic E-state index is 0.0288. The average Bonchev–Trinajstić information content (AvgIpc) is 2.43. The lowest BCUT2D eigenvalue weighted by Gasteiger charge is -1.97. The highest BCUT2D eigenvalue weighted by atomic mass is 79.9. The summed E-state index contributed by atoms with van der Waals surface area (Å²) in [5.41, 5.74) is -0.0288. The summed E-state index contributed by atoms with van der Waals surface area (Å²) in [6, 6.07) is 0. The van der Waals surface area contributed by atoms with Gasteiger partial charge < -0.3 is 0 Å². The fourth-order valence-corrected chi connectivity index (χ4v) is 1.50. The standard InChI is InChI=1S/C8H14BrN3O/c1-11-7-10-12(8(11)13)6-4-2-3-5-9/h7H,2-6H2,1H3. The van der Waals surface area contributed by atoms with Crippen LogP contribution in [0.2, 0.25) is 0 Å². The lowest BCUT2D eigenvalue weighted by Crippen LogP contribution is -2.23. The van der Waals surface area contributed by atoms with Gasteiger partial charge in [-0.3, -0.25) is 4.57 Å². The zero-order chi connectivity index (χ0) is 9.68. The molecule has 13 heavy (non-hydrogen) atoms. The Morgan fingerprint density at radius 1 is 1.46 bits per heavy atom. The highest BCUT2D eigenvalue weighted by Crippen LogP contribution is 1.99. The Morgan fingerprint density at radius 3 is 2.77 bits per heavy atom. The monoisotopic (exact) mass is 247 g/mol. The number of unbranched alkanes of at least 4 members (excludes halogenated alkanes) is 2. The molecule has 0 saturated carbocycles. The zero-order valence-electron chi connectivity index (χ0n) is 7.74. The van der Waals surface area contributed by atoms with E-state index in [0.717, 1.165) is 31.1 Å². The van der Waals surface area contributed by atoms with Crippen molar-refractivity contribution in [2.75, 3.05) is 5.33 Å². The minimum atomic E-state index is -0.0288. The molecule has 0 aliphatic rings. The molecule has 1 aromatic rings. The van der Waals surface area contributed by atoms with Gasteiger partial charge in [0.05, 0.1) is 0 Å². The van der Waals surface area contributed by atoms with Crippen LogP contribution in [0, 0.1) is 0 Å². The van der Waals surface area contributed by atoms with Gasteiger partial charge in [-0.2, -0.15) is 5.10 Å². The molecular formula is C8H14BrN3O. The molecule has 1 heterocycles. The van der Waals surface area contributed by atoms with Crippen molar-refractivity contribution in [2.24, 2.45) is 7.05 Å². The molecular weight excluding hydrogens is 234 g/mol. The van der Waals surface area contributed by atoms with E-state index in [9.17, 15) is 4.79 Å². The molecule has 1 aromatic heterocycles. The number of halogens is 1. The van der Waals surface area contributed by atoms with Crippen molar-refractivity contribution in [3.63, 3.8) is 0 Å². The van der Waals surface area contributed by atoms with Crippen molar-refractivity contribution in [1.82, 2.24) is 14.3 Å². The molecule has 0 radical (unpaired) electrons. The van der Waals surface area contributed by atoms with E-state index in [-0.39, 0.29) is 5.69 Å². The number of alkyl halides is 1. The predicted molar refractivity (Wildman–Crippen MR) is 55.1 cm³/mol. The van der Waals surface area contributed by atoms with E-state index in [1.54, 1.807) is 13.4 Å². The highest BCUT2D eigenvalue weighted by molar-refractivity contribution is 9.09. The Kier molecular flexibility index (Phi) is 4.21. The summed E-state index contributed by atoms with van der Waals surface area (Å²) in [5.74, 6) is 0. The predicted octanol–water partition coefficient (Wildman–Crippen LogP) is 1.15. The van der Waals surface area contributed by atoms with Crippen molar-refractivity contribution >= 4 is 15.9 Å². The normalized spacial score (nSPS) is 10.6. The fraction of sp³-hybridized carbons (Fsp3) is 0.750. The van der Waals surface area contributed by atoms with Crippen LogP contribution in [0.3, 0.4) is 0 Å². The van der Waals surface area contributed by atoms with Crippen LogP contribution in [-0.4, -0.2) is 19.7 Å². The molecule has 0 unspecified atom stereocenters. The molecule has 74 valence electrons. The Balaban J connectivity index is 2.37. The van der Waals surface area contributed by atoms with Gasteiger partial charge in [-0.1, -0.05) is 22.4 Å². The van der Waals surface area contributed by atoms with Crippen LogP contribution in [0.15, 0.2) is 11.1 Å². The van der Waals surface area contributed by atoms with Crippen molar-refractivity contribution in [3.05, 3.63) is 16.8 Å². The quantitative estimate of drug-likeness (QED) is 0.579. The summed E-state index contributed by atoms with van der Waals surface area (Å²) in [6.45, 7) is 0.729. The van der Waals surface area contributed by atoms with Crippen LogP contribution in [0.1, 0.15) is 19.3 Å². The molecule has 0 atom stereocenters. The SMILES string of the molecule is Cn1cnn(CCCCCBr)c1=O. The smallest absolute Gasteiger partial charge is 0.285 e. The van der Waals surface area contributed by atoms with Gasteiger partial charge in [-0.15, -0.1) is 0 Å². The third-order valence-corrected chi connectivity index (χ3v) is 2.45. The van der Waals surface area contributed by atoms with E-state index < -0.39 is 0 Å². The van der Waals surface area contributed by atoms with Crippen molar-refractivity contribution in [3.8, 4) is 0 Å². The van der Waals surface area contributed by atoms with Gasteiger partial charge in [0.25, 0.3) is 0 Å². The largest absolute Gasteiger partial charge is 0.345 e. The third kappa shape index (κ3) is 2.99. The molecule has 5 heteroatoms. The number of rotatable bonds is 5. The summed E-state index contributed by atoms with van der Waals surface area (Å²) in [5, 5.41) is 5.00. The number of aryl methyl sites for hydroxylation is 2. The first-order valence-electron chi connectivity index (χ1n) is 4.40. The van der Waals surface area contributed by atoms with Crippen molar-refractivity contribution in [2.45, 2.75) is 25.8 Å². The number of hydrogen-bond acceptors (Lipinski definition) is 2. The van der Waals surface area contributed by atoms with Gasteiger partial charge in [0.15, 0.2) is 0 Å². The maximum Gasteiger partial charge on any atom is 0.345 e. The van der Waals surface area contributed by atoms with Gasteiger partial charge in [0, 0.05) is 18.9 Å². The Labute approximate surface area is 85.7 Å². The first-order valence-corrected chi connectivity index (χ1v) is 5.52. The van der Waals surface area contributed by atoms with E-state index in [0.29, 0.717) is 0 Å². The summed E-state index contributed by atoms with van der Waals surface area (Å²) in [7, 11) is 1.71. The number of aromatic nitrogens is 3. The Hall–Kier alpha value is -0.580. The van der Waals surface area contributed by atoms with Crippen LogP contribution < -0.4 is 5.69 Å². The van der Waals surface area contributed by atoms with Gasteiger partial charge in [0.1, 0.15) is 6.33 Å². The van der Waals surface area contributed by atoms with E-state index >= 15 is 0 Å². The van der Waals surface area contributed by atoms with Crippen LogP contribution in [0.5, 0.6) is 0 Å². The summed E-state index contributed by atoms with van der Waals surface area (Å²) < 4.78 is 3.00. The minimum Gasteiger partial charge on any atom is -0.285 e. The second kappa shape index (κ2) is 5.21. The number of nitrogens with zero attached hydrogens (tertiary/aromatic N) is 3. The molecule has 0 amide bonds. The highest BCUT2D eigenvalue weighted by Gasteiger charge is 1.99. The van der Waals surface area contributed by atoms with E-state index in [1.165, 1.54) is 9.25 Å². The maximum absolute atomic E-state index is 11.3. The van der Waals surface area contributed by atoms with Crippen LogP contribution >= 0.6 is 15.9 Å². The average molecular weight is 248 g/mol. The Bertz CT molecular complexity index is 305.